The molecule has 4 atom stereocenters. The molecule has 0 amide bonds. The molecule has 13 heteroatoms. The summed E-state index contributed by atoms with van der Waals surface area (Å²) in [5, 5.41) is 0. The molecule has 0 N–H and O–H groups in total. The van der Waals surface area contributed by atoms with Gasteiger partial charge in [-0.2, -0.15) is 0 Å². The van der Waals surface area contributed by atoms with Crippen molar-refractivity contribution in [3.8, 4) is 5.75 Å². The van der Waals surface area contributed by atoms with Gasteiger partial charge in [0.05, 0.1) is 0 Å². The maximum Gasteiger partial charge on any atom is 0.303 e. The van der Waals surface area contributed by atoms with Crippen molar-refractivity contribution in [2.24, 2.45) is 0 Å². The van der Waals surface area contributed by atoms with Gasteiger partial charge in [-0.15, -0.1) is 0 Å². The van der Waals surface area contributed by atoms with Crippen molar-refractivity contribution in [3.05, 3.63) is 28.7 Å². The fourth-order valence-electron chi connectivity index (χ4n) is 3.27. The average Bonchev–Trinajstić information content (AvgIpc) is 2.80. The molecule has 1 aromatic carbocycles. The summed E-state index contributed by atoms with van der Waals surface area (Å²) in [5.74, 6) is -3.93. The Morgan fingerprint density at radius 2 is 1.16 bits per heavy atom. The number of hydrogen-bond acceptors (Lipinski definition) is 12. The van der Waals surface area contributed by atoms with Crippen molar-refractivity contribution in [1.29, 1.82) is 0 Å². The molecule has 0 aliphatic carbocycles. The lowest BCUT2D eigenvalue weighted by atomic mass is 9.97. The first-order valence-corrected chi connectivity index (χ1v) is 12.3. The predicted molar refractivity (Wildman–Crippen MR) is 133 cm³/mol. The Labute approximate surface area is 228 Å². The van der Waals surface area contributed by atoms with Crippen LogP contribution >= 0.6 is 15.9 Å². The molecule has 210 valence electrons. The zero-order valence-electron chi connectivity index (χ0n) is 21.7. The van der Waals surface area contributed by atoms with E-state index >= 15 is 0 Å². The van der Waals surface area contributed by atoms with Crippen LogP contribution < -0.4 is 4.74 Å². The minimum atomic E-state index is -1.56. The lowest BCUT2D eigenvalue weighted by Gasteiger charge is -2.35. The topological polar surface area (TPSA) is 158 Å². The van der Waals surface area contributed by atoms with Gasteiger partial charge in [-0.1, -0.05) is 15.9 Å². The SMILES string of the molecule is CC(=O)OC[C@@H](OC(C)=O)[C@H](OC(C)=O)[C@@H](OC(C)=O)[C@@H](CCC(=O)COc1ccc(Br)cc1)OC(C)=O. The fraction of sp³-hybridized carbons (Fsp3) is 0.520. The minimum absolute atomic E-state index is 0.168. The number of hydrogen-bond donors (Lipinski definition) is 0. The molecule has 0 unspecified atom stereocenters. The number of benzene rings is 1. The van der Waals surface area contributed by atoms with Gasteiger partial charge in [0.2, 0.25) is 0 Å². The number of ketones is 1. The van der Waals surface area contributed by atoms with E-state index in [1.165, 1.54) is 0 Å². The molecule has 38 heavy (non-hydrogen) atoms. The molecule has 0 radical (unpaired) electrons. The van der Waals surface area contributed by atoms with Gasteiger partial charge in [0.15, 0.2) is 24.1 Å². The first kappa shape index (κ1) is 32.5. The van der Waals surface area contributed by atoms with Crippen LogP contribution in [-0.4, -0.2) is 73.3 Å². The van der Waals surface area contributed by atoms with E-state index in [1.807, 2.05) is 0 Å². The molecule has 0 heterocycles. The molecule has 0 aliphatic heterocycles. The van der Waals surface area contributed by atoms with Gasteiger partial charge in [0.25, 0.3) is 0 Å². The summed E-state index contributed by atoms with van der Waals surface area (Å²) in [5.41, 5.74) is 0. The van der Waals surface area contributed by atoms with Crippen molar-refractivity contribution in [3.63, 3.8) is 0 Å². The van der Waals surface area contributed by atoms with Crippen LogP contribution in [0, 0.1) is 0 Å². The summed E-state index contributed by atoms with van der Waals surface area (Å²) in [6.07, 6.45) is -6.18. The van der Waals surface area contributed by atoms with Crippen LogP contribution in [0.5, 0.6) is 5.75 Å². The summed E-state index contributed by atoms with van der Waals surface area (Å²) in [6.45, 7) is 4.55. The standard InChI is InChI=1S/C25H31BrO12/c1-14(27)33-13-23(36-16(3)29)25(38-18(5)31)24(37-17(4)30)22(35-15(2)28)11-8-20(32)12-34-21-9-6-19(26)7-10-21/h6-7,9-10,22-25H,8,11-13H2,1-5H3/t22-,23-,24+,25+/m1/s1. The molecule has 0 bridgehead atoms. The van der Waals surface area contributed by atoms with E-state index in [0.717, 1.165) is 39.1 Å². The normalized spacial score (nSPS) is 13.6. The molecule has 0 saturated carbocycles. The predicted octanol–water partition coefficient (Wildman–Crippen LogP) is 2.47. The summed E-state index contributed by atoms with van der Waals surface area (Å²) in [6, 6.07) is 6.81. The third kappa shape index (κ3) is 13.2. The summed E-state index contributed by atoms with van der Waals surface area (Å²) in [4.78, 5) is 71.5. The summed E-state index contributed by atoms with van der Waals surface area (Å²) < 4.78 is 32.4. The quantitative estimate of drug-likeness (QED) is 0.213. The zero-order chi connectivity index (χ0) is 28.8. The number of carbonyl (C=O) groups excluding carboxylic acids is 6. The van der Waals surface area contributed by atoms with Crippen LogP contribution in [0.1, 0.15) is 47.5 Å². The Kier molecular flexibility index (Phi) is 14.0. The van der Waals surface area contributed by atoms with Crippen LogP contribution in [0.2, 0.25) is 0 Å². The van der Waals surface area contributed by atoms with Crippen LogP contribution in [0.3, 0.4) is 0 Å². The number of rotatable bonds is 15. The number of ether oxygens (including phenoxy) is 6. The lowest BCUT2D eigenvalue weighted by Crippen LogP contribution is -2.53. The second kappa shape index (κ2) is 16.4. The molecule has 12 nitrogen and oxygen atoms in total. The van der Waals surface area contributed by atoms with E-state index in [9.17, 15) is 28.8 Å². The first-order valence-electron chi connectivity index (χ1n) is 11.5. The fourth-order valence-corrected chi connectivity index (χ4v) is 3.54. The highest BCUT2D eigenvalue weighted by Gasteiger charge is 2.43. The first-order chi connectivity index (χ1) is 17.8. The van der Waals surface area contributed by atoms with Gasteiger partial charge in [-0.05, 0) is 30.7 Å². The molecular weight excluding hydrogens is 572 g/mol. The molecule has 0 saturated heterocycles. The van der Waals surface area contributed by atoms with Gasteiger partial charge in [0.1, 0.15) is 25.1 Å². The molecule has 0 spiro atoms. The Morgan fingerprint density at radius 3 is 1.63 bits per heavy atom. The van der Waals surface area contributed by atoms with Gasteiger partial charge < -0.3 is 28.4 Å². The van der Waals surface area contributed by atoms with E-state index in [1.54, 1.807) is 24.3 Å². The second-order valence-electron chi connectivity index (χ2n) is 8.07. The Morgan fingerprint density at radius 1 is 0.684 bits per heavy atom. The summed E-state index contributed by atoms with van der Waals surface area (Å²) >= 11 is 3.30. The number of Topliss-reactive ketones (excluding diaryl/α,β-unsaturated/α-hetero) is 1. The Balaban J connectivity index is 3.20. The van der Waals surface area contributed by atoms with E-state index in [-0.39, 0.29) is 25.2 Å². The maximum absolute atomic E-state index is 12.5. The molecule has 0 fully saturated rings. The number of halogens is 1. The molecular formula is C25H31BrO12. The average molecular weight is 603 g/mol. The molecule has 1 aromatic rings. The molecule has 1 rings (SSSR count). The van der Waals surface area contributed by atoms with Crippen LogP contribution in [0.4, 0.5) is 0 Å². The second-order valence-corrected chi connectivity index (χ2v) is 8.98. The number of carbonyl (C=O) groups is 6. The third-order valence-electron chi connectivity index (χ3n) is 4.67. The van der Waals surface area contributed by atoms with E-state index in [0.29, 0.717) is 5.75 Å². The van der Waals surface area contributed by atoms with Gasteiger partial charge in [-0.3, -0.25) is 28.8 Å². The van der Waals surface area contributed by atoms with Crippen molar-refractivity contribution in [2.75, 3.05) is 13.2 Å². The van der Waals surface area contributed by atoms with Crippen molar-refractivity contribution < 1.29 is 57.2 Å². The lowest BCUT2D eigenvalue weighted by molar-refractivity contribution is -0.203. The van der Waals surface area contributed by atoms with E-state index < -0.39 is 60.9 Å². The monoisotopic (exact) mass is 602 g/mol. The van der Waals surface area contributed by atoms with Crippen molar-refractivity contribution in [1.82, 2.24) is 0 Å². The smallest absolute Gasteiger partial charge is 0.303 e. The van der Waals surface area contributed by atoms with Crippen LogP contribution in [0.15, 0.2) is 28.7 Å². The molecule has 0 aliphatic rings. The molecule has 0 aromatic heterocycles. The largest absolute Gasteiger partial charge is 0.486 e. The number of esters is 5. The Hall–Kier alpha value is -3.48. The summed E-state index contributed by atoms with van der Waals surface area (Å²) in [7, 11) is 0. The highest BCUT2D eigenvalue weighted by molar-refractivity contribution is 9.10. The third-order valence-corrected chi connectivity index (χ3v) is 5.20. The van der Waals surface area contributed by atoms with Crippen LogP contribution in [0.25, 0.3) is 0 Å². The van der Waals surface area contributed by atoms with Gasteiger partial charge >= 0.3 is 29.8 Å². The van der Waals surface area contributed by atoms with Crippen LogP contribution in [-0.2, 0) is 52.5 Å². The van der Waals surface area contributed by atoms with Gasteiger partial charge in [0, 0.05) is 45.5 Å². The zero-order valence-corrected chi connectivity index (χ0v) is 23.3. The highest BCUT2D eigenvalue weighted by Crippen LogP contribution is 2.23. The van der Waals surface area contributed by atoms with Gasteiger partial charge in [-0.25, -0.2) is 0 Å². The van der Waals surface area contributed by atoms with E-state index in [2.05, 4.69) is 15.9 Å². The highest BCUT2D eigenvalue weighted by atomic mass is 79.9. The van der Waals surface area contributed by atoms with Crippen molar-refractivity contribution >= 4 is 51.6 Å². The maximum atomic E-state index is 12.5. The van der Waals surface area contributed by atoms with Crippen molar-refractivity contribution in [2.45, 2.75) is 71.9 Å². The van der Waals surface area contributed by atoms with E-state index in [4.69, 9.17) is 28.4 Å². The Bertz CT molecular complexity index is 991. The minimum Gasteiger partial charge on any atom is -0.486 e.